The number of hydrogen-bond donors (Lipinski definition) is 2. The van der Waals surface area contributed by atoms with Crippen LogP contribution in [0.5, 0.6) is 0 Å². The number of fused-ring (bicyclic) bond motifs is 2. The van der Waals surface area contributed by atoms with E-state index in [2.05, 4.69) is 15.3 Å². The van der Waals surface area contributed by atoms with Crippen molar-refractivity contribution in [3.05, 3.63) is 46.1 Å². The molecule has 0 radical (unpaired) electrons. The molecule has 3 aromatic heterocycles. The summed E-state index contributed by atoms with van der Waals surface area (Å²) in [5, 5.41) is 2.56. The molecule has 0 aromatic carbocycles. The van der Waals surface area contributed by atoms with Gasteiger partial charge in [0, 0.05) is 35.8 Å². The number of carbonyl (C=O) groups excluding carboxylic acids is 4. The zero-order chi connectivity index (χ0) is 30.3. The molecule has 16 heteroatoms. The van der Waals surface area contributed by atoms with Gasteiger partial charge in [0.25, 0.3) is 5.91 Å². The minimum Gasteiger partial charge on any atom is -0.352 e. The highest BCUT2D eigenvalue weighted by Crippen LogP contribution is 2.63. The number of alkyl halides is 3. The summed E-state index contributed by atoms with van der Waals surface area (Å²) in [6.07, 6.45) is -2.90. The van der Waals surface area contributed by atoms with Crippen LogP contribution in [0.4, 0.5) is 18.0 Å². The summed E-state index contributed by atoms with van der Waals surface area (Å²) in [4.78, 5) is 62.4. The molecule has 1 aliphatic carbocycles. The molecule has 1 saturated carbocycles. The predicted octanol–water partition coefficient (Wildman–Crippen LogP) is 4.55. The third kappa shape index (κ3) is 5.47. The van der Waals surface area contributed by atoms with E-state index in [0.717, 1.165) is 6.07 Å². The van der Waals surface area contributed by atoms with E-state index in [0.29, 0.717) is 21.5 Å². The van der Waals surface area contributed by atoms with E-state index >= 15 is 0 Å². The van der Waals surface area contributed by atoms with E-state index in [1.807, 2.05) is 13.8 Å². The number of aryl methyl sites for hydroxylation is 1. The molecule has 2 aliphatic heterocycles. The van der Waals surface area contributed by atoms with Crippen LogP contribution in [0.15, 0.2) is 24.4 Å². The molecular weight excluding hydrogens is 644 g/mol. The van der Waals surface area contributed by atoms with Crippen LogP contribution in [0, 0.1) is 24.2 Å². The Morgan fingerprint density at radius 2 is 1.82 bits per heavy atom. The highest BCUT2D eigenvalue weighted by atomic mass is 35.5. The number of carbonyl (C=O) groups is 4. The predicted molar refractivity (Wildman–Crippen MR) is 160 cm³/mol. The van der Waals surface area contributed by atoms with Crippen molar-refractivity contribution in [2.24, 2.45) is 23.0 Å². The molecule has 236 valence electrons. The van der Waals surface area contributed by atoms with Gasteiger partial charge in [-0.1, -0.05) is 13.8 Å². The van der Waals surface area contributed by atoms with Gasteiger partial charge in [0.2, 0.25) is 11.8 Å². The van der Waals surface area contributed by atoms with Crippen molar-refractivity contribution >= 4 is 70.1 Å². The van der Waals surface area contributed by atoms with Crippen LogP contribution in [0.3, 0.4) is 0 Å². The summed E-state index contributed by atoms with van der Waals surface area (Å²) in [5.41, 5.74) is 4.42. The number of pyridine rings is 2. The molecule has 44 heavy (non-hydrogen) atoms. The minimum atomic E-state index is -4.76. The topological polar surface area (TPSA) is 139 Å². The lowest BCUT2D eigenvalue weighted by Crippen LogP contribution is -2.41. The Bertz CT molecular complexity index is 1670. The number of nitrogens with zero attached hydrogens (tertiary/aromatic N) is 4. The number of aromatic nitrogens is 2. The number of nitrogens with one attached hydrogen (secondary N) is 1. The van der Waals surface area contributed by atoms with Gasteiger partial charge in [-0.15, -0.1) is 36.2 Å². The fraction of sp³-hybridized carbons (Fsp3) is 0.429. The fourth-order valence-corrected chi connectivity index (χ4v) is 7.39. The average molecular weight is 674 g/mol. The van der Waals surface area contributed by atoms with Crippen molar-refractivity contribution in [2.45, 2.75) is 46.0 Å². The zero-order valence-corrected chi connectivity index (χ0v) is 26.2. The molecule has 3 fully saturated rings. The van der Waals surface area contributed by atoms with Gasteiger partial charge >= 0.3 is 12.2 Å². The van der Waals surface area contributed by atoms with E-state index < -0.39 is 23.8 Å². The molecule has 0 bridgehead atoms. The monoisotopic (exact) mass is 672 g/mol. The lowest BCUT2D eigenvalue weighted by molar-refractivity contribution is -0.144. The molecule has 6 rings (SSSR count). The van der Waals surface area contributed by atoms with Crippen LogP contribution < -0.4 is 11.1 Å². The minimum absolute atomic E-state index is 0. The largest absolute Gasteiger partial charge is 0.433 e. The maximum atomic E-state index is 13.9. The second kappa shape index (κ2) is 11.5. The van der Waals surface area contributed by atoms with Crippen LogP contribution in [0.2, 0.25) is 0 Å². The first-order valence-electron chi connectivity index (χ1n) is 13.4. The Hall–Kier alpha value is -3.49. The number of piperidine rings is 1. The SMILES string of the molecule is Cc1cc(C(F)(F)F)nc(-c2ccnc3cc(CN4C(=O)C5C(C4=O)C5(C)C)sc23)c1C(=O)N1CC[C@H](NC(N)=O)C1.Cl.Cl. The number of nitrogens with two attached hydrogens (primary N) is 1. The van der Waals surface area contributed by atoms with Crippen molar-refractivity contribution < 1.29 is 32.3 Å². The van der Waals surface area contributed by atoms with Gasteiger partial charge in [-0.3, -0.25) is 24.3 Å². The number of amides is 5. The smallest absolute Gasteiger partial charge is 0.352 e. The second-order valence-electron chi connectivity index (χ2n) is 11.6. The lowest BCUT2D eigenvalue weighted by atomic mass is 9.99. The molecule has 3 aliphatic rings. The van der Waals surface area contributed by atoms with Crippen LogP contribution in [-0.2, 0) is 22.3 Å². The summed E-state index contributed by atoms with van der Waals surface area (Å²) in [7, 11) is 0. The van der Waals surface area contributed by atoms with Gasteiger partial charge in [-0.2, -0.15) is 13.2 Å². The van der Waals surface area contributed by atoms with Gasteiger partial charge in [0.15, 0.2) is 0 Å². The third-order valence-corrected chi connectivity index (χ3v) is 9.61. The first-order valence-corrected chi connectivity index (χ1v) is 14.2. The van der Waals surface area contributed by atoms with Gasteiger partial charge in [0.05, 0.1) is 39.9 Å². The number of rotatable bonds is 5. The van der Waals surface area contributed by atoms with Gasteiger partial charge in [-0.25, -0.2) is 9.78 Å². The number of hydrogen-bond acceptors (Lipinski definition) is 7. The van der Waals surface area contributed by atoms with Crippen molar-refractivity contribution in [1.29, 1.82) is 0 Å². The number of urea groups is 1. The fourth-order valence-electron chi connectivity index (χ4n) is 6.27. The molecule has 5 amide bonds. The summed E-state index contributed by atoms with van der Waals surface area (Å²) in [5.74, 6) is -1.63. The van der Waals surface area contributed by atoms with E-state index in [-0.39, 0.29) is 102 Å². The number of thiophene rings is 1. The molecule has 3 atom stereocenters. The summed E-state index contributed by atoms with van der Waals surface area (Å²) in [6.45, 7) is 5.67. The van der Waals surface area contributed by atoms with E-state index in [4.69, 9.17) is 5.73 Å². The molecule has 2 saturated heterocycles. The van der Waals surface area contributed by atoms with Crippen LogP contribution in [-0.4, -0.2) is 62.7 Å². The Kier molecular flexibility index (Phi) is 8.70. The molecule has 5 heterocycles. The molecule has 3 N–H and O–H groups in total. The van der Waals surface area contributed by atoms with Crippen molar-refractivity contribution in [2.75, 3.05) is 13.1 Å². The molecule has 0 spiro atoms. The number of imide groups is 1. The standard InChI is InChI=1S/C28H27F3N6O4S.2ClH/c1-12-8-17(28(29,30)31)35-21(18(12)23(38)36-7-5-13(10-36)34-26(32)41)15-4-6-33-16-9-14(42-22(15)16)11-37-24(39)19-20(25(37)40)27(19,2)3;;/h4,6,8-9,13,19-20H,5,7,10-11H2,1-3H3,(H3,32,34,41);2*1H/t13-,19?,20?;;/m0../s1. The van der Waals surface area contributed by atoms with Crippen molar-refractivity contribution in [3.63, 3.8) is 0 Å². The van der Waals surface area contributed by atoms with Crippen LogP contribution in [0.25, 0.3) is 21.5 Å². The number of halogens is 5. The third-order valence-electron chi connectivity index (χ3n) is 8.47. The van der Waals surface area contributed by atoms with E-state index in [1.54, 1.807) is 6.07 Å². The first-order chi connectivity index (χ1) is 19.7. The summed E-state index contributed by atoms with van der Waals surface area (Å²) < 4.78 is 42.1. The first kappa shape index (κ1) is 33.4. The summed E-state index contributed by atoms with van der Waals surface area (Å²) >= 11 is 1.19. The lowest BCUT2D eigenvalue weighted by Gasteiger charge is -2.21. The molecule has 3 aromatic rings. The second-order valence-corrected chi connectivity index (χ2v) is 12.8. The Morgan fingerprint density at radius 1 is 1.16 bits per heavy atom. The van der Waals surface area contributed by atoms with E-state index in [9.17, 15) is 32.3 Å². The van der Waals surface area contributed by atoms with E-state index in [1.165, 1.54) is 40.3 Å². The number of likely N-dealkylation sites (tertiary alicyclic amines) is 2. The van der Waals surface area contributed by atoms with Gasteiger partial charge < -0.3 is 16.0 Å². The quantitative estimate of drug-likeness (QED) is 0.381. The van der Waals surface area contributed by atoms with Gasteiger partial charge in [-0.05, 0) is 42.5 Å². The molecule has 10 nitrogen and oxygen atoms in total. The highest BCUT2D eigenvalue weighted by molar-refractivity contribution is 7.19. The number of primary amides is 1. The normalized spacial score (nSPS) is 22.0. The maximum Gasteiger partial charge on any atom is 0.433 e. The van der Waals surface area contributed by atoms with Crippen LogP contribution in [0.1, 0.15) is 46.8 Å². The van der Waals surface area contributed by atoms with Crippen LogP contribution >= 0.6 is 36.2 Å². The maximum absolute atomic E-state index is 13.9. The van der Waals surface area contributed by atoms with Crippen molar-refractivity contribution in [3.8, 4) is 11.3 Å². The average Bonchev–Trinajstić information content (AvgIpc) is 3.30. The van der Waals surface area contributed by atoms with Gasteiger partial charge in [0.1, 0.15) is 5.69 Å². The Morgan fingerprint density at radius 3 is 2.43 bits per heavy atom. The Labute approximate surface area is 266 Å². The Balaban J connectivity index is 0.00000221. The molecular formula is C28H29Cl2F3N6O4S. The zero-order valence-electron chi connectivity index (χ0n) is 23.7. The summed E-state index contributed by atoms with van der Waals surface area (Å²) in [6, 6.07) is 2.95. The highest BCUT2D eigenvalue weighted by Gasteiger charge is 2.72. The van der Waals surface area contributed by atoms with Crippen molar-refractivity contribution in [1.82, 2.24) is 25.1 Å². The molecule has 2 unspecified atom stereocenters.